The second-order valence-corrected chi connectivity index (χ2v) is 8.16. The summed E-state index contributed by atoms with van der Waals surface area (Å²) in [6.45, 7) is 8.62. The highest BCUT2D eigenvalue weighted by molar-refractivity contribution is 6.12. The van der Waals surface area contributed by atoms with Gasteiger partial charge in [0.05, 0.1) is 0 Å². The molecule has 1 amide bonds. The zero-order chi connectivity index (χ0) is 23.1. The molecule has 6 nitrogen and oxygen atoms in total. The molecule has 1 aromatic carbocycles. The first-order chi connectivity index (χ1) is 15.4. The maximum absolute atomic E-state index is 12.9. The molecule has 2 heterocycles. The standard InChI is InChI=1S/C26H33N5O/c1-5-7-19(10-11-31-16-23(27)17-31)26(32)30-25-13-22-12-20(8-9-21(22)14-29-25)24(15-28-4)18(3)6-2/h5,7-10,12-15,23H,6,11,16-17,27H2,1-4H3,(H,29,30,32)/b7-5-,19-10+,24-18-,28-15-. The van der Waals surface area contributed by atoms with Gasteiger partial charge in [0.2, 0.25) is 0 Å². The SMILES string of the molecule is C/C=C\C(=C/CN1CC(N)C1)C(=O)Nc1cc2cc(C(/C=N\C)=C(/C)CC)ccc2cn1. The van der Waals surface area contributed by atoms with Gasteiger partial charge in [0, 0.05) is 56.1 Å². The van der Waals surface area contributed by atoms with Crippen LogP contribution in [0.25, 0.3) is 16.3 Å². The molecule has 1 aliphatic heterocycles. The Morgan fingerprint density at radius 1 is 1.31 bits per heavy atom. The largest absolute Gasteiger partial charge is 0.325 e. The molecule has 0 unspecified atom stereocenters. The van der Waals surface area contributed by atoms with Crippen LogP contribution in [0.2, 0.25) is 0 Å². The fraction of sp³-hybridized carbons (Fsp3) is 0.346. The molecule has 168 valence electrons. The molecule has 2 aromatic rings. The summed E-state index contributed by atoms with van der Waals surface area (Å²) in [4.78, 5) is 23.7. The number of likely N-dealkylation sites (tertiary alicyclic amines) is 1. The number of aromatic nitrogens is 1. The number of pyridine rings is 1. The molecule has 1 saturated heterocycles. The van der Waals surface area contributed by atoms with E-state index in [1.165, 1.54) is 5.57 Å². The van der Waals surface area contributed by atoms with Crippen LogP contribution < -0.4 is 11.1 Å². The first-order valence-electron chi connectivity index (χ1n) is 11.1. The van der Waals surface area contributed by atoms with Crippen molar-refractivity contribution in [1.29, 1.82) is 0 Å². The zero-order valence-electron chi connectivity index (χ0n) is 19.4. The van der Waals surface area contributed by atoms with Gasteiger partial charge in [0.1, 0.15) is 5.82 Å². The minimum absolute atomic E-state index is 0.170. The van der Waals surface area contributed by atoms with Crippen LogP contribution in [0.15, 0.2) is 64.8 Å². The molecular formula is C26H33N5O. The van der Waals surface area contributed by atoms with Crippen LogP contribution in [0.1, 0.15) is 32.8 Å². The predicted molar refractivity (Wildman–Crippen MR) is 135 cm³/mol. The molecule has 0 saturated carbocycles. The Balaban J connectivity index is 1.83. The van der Waals surface area contributed by atoms with Crippen LogP contribution in [-0.2, 0) is 4.79 Å². The third-order valence-electron chi connectivity index (χ3n) is 5.69. The van der Waals surface area contributed by atoms with Gasteiger partial charge < -0.3 is 11.1 Å². The predicted octanol–water partition coefficient (Wildman–Crippen LogP) is 4.20. The lowest BCUT2D eigenvalue weighted by molar-refractivity contribution is -0.112. The summed E-state index contributed by atoms with van der Waals surface area (Å²) >= 11 is 0. The number of anilines is 1. The highest BCUT2D eigenvalue weighted by Crippen LogP contribution is 2.25. The average molecular weight is 432 g/mol. The lowest BCUT2D eigenvalue weighted by atomic mass is 9.98. The van der Waals surface area contributed by atoms with E-state index in [2.05, 4.69) is 52.2 Å². The number of benzene rings is 1. The lowest BCUT2D eigenvalue weighted by Gasteiger charge is -2.36. The van der Waals surface area contributed by atoms with Crippen LogP contribution >= 0.6 is 0 Å². The van der Waals surface area contributed by atoms with Gasteiger partial charge in [0.15, 0.2) is 0 Å². The van der Waals surface area contributed by atoms with E-state index < -0.39 is 0 Å². The second kappa shape index (κ2) is 11.0. The third-order valence-corrected chi connectivity index (χ3v) is 5.69. The van der Waals surface area contributed by atoms with Gasteiger partial charge in [-0.3, -0.25) is 14.7 Å². The molecule has 1 fully saturated rings. The number of carbonyl (C=O) groups excluding carboxylic acids is 1. The van der Waals surface area contributed by atoms with Crippen LogP contribution in [0.5, 0.6) is 0 Å². The molecule has 3 rings (SSSR count). The van der Waals surface area contributed by atoms with Gasteiger partial charge in [-0.15, -0.1) is 0 Å². The van der Waals surface area contributed by atoms with Crippen LogP contribution in [0, 0.1) is 0 Å². The maximum Gasteiger partial charge on any atom is 0.256 e. The average Bonchev–Trinajstić information content (AvgIpc) is 2.77. The summed E-state index contributed by atoms with van der Waals surface area (Å²) in [5, 5.41) is 4.98. The Morgan fingerprint density at radius 2 is 2.09 bits per heavy atom. The number of carbonyl (C=O) groups is 1. The minimum Gasteiger partial charge on any atom is -0.325 e. The fourth-order valence-electron chi connectivity index (χ4n) is 3.72. The summed E-state index contributed by atoms with van der Waals surface area (Å²) in [6, 6.07) is 8.43. The Kier molecular flexibility index (Phi) is 8.09. The molecule has 0 aliphatic carbocycles. The summed E-state index contributed by atoms with van der Waals surface area (Å²) in [5.74, 6) is 0.361. The Labute approximate surface area is 190 Å². The summed E-state index contributed by atoms with van der Waals surface area (Å²) < 4.78 is 0. The number of allylic oxidation sites excluding steroid dienone is 3. The van der Waals surface area contributed by atoms with Crippen molar-refractivity contribution in [2.45, 2.75) is 33.2 Å². The number of nitrogens with zero attached hydrogens (tertiary/aromatic N) is 3. The van der Waals surface area contributed by atoms with Crippen molar-refractivity contribution < 1.29 is 4.79 Å². The number of hydrogen-bond acceptors (Lipinski definition) is 5. The molecular weight excluding hydrogens is 398 g/mol. The number of amides is 1. The Hall–Kier alpha value is -3.09. The summed E-state index contributed by atoms with van der Waals surface area (Å²) in [6.07, 6.45) is 10.3. The maximum atomic E-state index is 12.9. The van der Waals surface area contributed by atoms with E-state index in [-0.39, 0.29) is 11.9 Å². The van der Waals surface area contributed by atoms with E-state index in [1.54, 1.807) is 13.2 Å². The van der Waals surface area contributed by atoms with Crippen LogP contribution in [0.4, 0.5) is 5.82 Å². The molecule has 1 aliphatic rings. The molecule has 6 heteroatoms. The van der Waals surface area contributed by atoms with E-state index in [1.807, 2.05) is 37.4 Å². The van der Waals surface area contributed by atoms with Gasteiger partial charge in [-0.2, -0.15) is 0 Å². The first kappa shape index (κ1) is 23.6. The lowest BCUT2D eigenvalue weighted by Crippen LogP contribution is -2.55. The van der Waals surface area contributed by atoms with Crippen molar-refractivity contribution in [2.24, 2.45) is 10.7 Å². The second-order valence-electron chi connectivity index (χ2n) is 8.16. The van der Waals surface area contributed by atoms with Crippen molar-refractivity contribution in [2.75, 3.05) is 32.0 Å². The number of aliphatic imine (C=N–C) groups is 1. The van der Waals surface area contributed by atoms with Gasteiger partial charge in [-0.05, 0) is 48.9 Å². The number of nitrogens with one attached hydrogen (secondary N) is 1. The van der Waals surface area contributed by atoms with E-state index >= 15 is 0 Å². The normalized spacial score (nSPS) is 16.6. The topological polar surface area (TPSA) is 83.6 Å². The monoisotopic (exact) mass is 431 g/mol. The van der Waals surface area contributed by atoms with E-state index in [0.29, 0.717) is 17.9 Å². The van der Waals surface area contributed by atoms with Gasteiger partial charge in [0.25, 0.3) is 5.91 Å². The number of fused-ring (bicyclic) bond motifs is 1. The summed E-state index contributed by atoms with van der Waals surface area (Å²) in [5.41, 5.74) is 9.97. The fourth-order valence-corrected chi connectivity index (χ4v) is 3.72. The van der Waals surface area contributed by atoms with E-state index in [9.17, 15) is 4.79 Å². The molecule has 0 atom stereocenters. The van der Waals surface area contributed by atoms with Crippen molar-refractivity contribution in [3.05, 3.63) is 65.4 Å². The number of rotatable bonds is 8. The number of hydrogen-bond donors (Lipinski definition) is 2. The molecule has 32 heavy (non-hydrogen) atoms. The van der Waals surface area contributed by atoms with Crippen molar-refractivity contribution in [3.63, 3.8) is 0 Å². The van der Waals surface area contributed by atoms with Crippen LogP contribution in [0.3, 0.4) is 0 Å². The van der Waals surface area contributed by atoms with Crippen molar-refractivity contribution >= 4 is 34.3 Å². The molecule has 0 bridgehead atoms. The van der Waals surface area contributed by atoms with Gasteiger partial charge in [-0.1, -0.05) is 42.9 Å². The minimum atomic E-state index is -0.170. The van der Waals surface area contributed by atoms with Crippen molar-refractivity contribution in [3.8, 4) is 0 Å². The Morgan fingerprint density at radius 3 is 2.75 bits per heavy atom. The summed E-state index contributed by atoms with van der Waals surface area (Å²) in [7, 11) is 1.79. The van der Waals surface area contributed by atoms with E-state index in [0.717, 1.165) is 41.4 Å². The number of nitrogens with two attached hydrogens (primary N) is 1. The highest BCUT2D eigenvalue weighted by Gasteiger charge is 2.21. The highest BCUT2D eigenvalue weighted by atomic mass is 16.1. The van der Waals surface area contributed by atoms with E-state index in [4.69, 9.17) is 5.73 Å². The van der Waals surface area contributed by atoms with Crippen LogP contribution in [-0.4, -0.2) is 54.7 Å². The smallest absolute Gasteiger partial charge is 0.256 e. The van der Waals surface area contributed by atoms with Gasteiger partial charge >= 0.3 is 0 Å². The quantitative estimate of drug-likeness (QED) is 0.373. The Bertz CT molecular complexity index is 1090. The molecule has 0 radical (unpaired) electrons. The third kappa shape index (κ3) is 5.78. The first-order valence-corrected chi connectivity index (χ1v) is 11.1. The molecule has 1 aromatic heterocycles. The molecule has 0 spiro atoms. The van der Waals surface area contributed by atoms with Crippen molar-refractivity contribution in [1.82, 2.24) is 9.88 Å². The molecule has 3 N–H and O–H groups in total. The van der Waals surface area contributed by atoms with Gasteiger partial charge in [-0.25, -0.2) is 4.98 Å². The zero-order valence-corrected chi connectivity index (χ0v) is 19.4.